The summed E-state index contributed by atoms with van der Waals surface area (Å²) in [5, 5.41) is 20.9. The predicted molar refractivity (Wildman–Crippen MR) is 128 cm³/mol. The summed E-state index contributed by atoms with van der Waals surface area (Å²) in [4.78, 5) is 33.5. The van der Waals surface area contributed by atoms with Gasteiger partial charge < -0.3 is 20.5 Å². The number of benzene rings is 1. The minimum atomic E-state index is -0.586. The number of ether oxygens (including phenoxy) is 1. The Bertz CT molecular complexity index is 1250. The van der Waals surface area contributed by atoms with Crippen LogP contribution in [0, 0.1) is 6.92 Å². The van der Waals surface area contributed by atoms with E-state index in [0.717, 1.165) is 11.1 Å². The number of aryl methyl sites for hydroxylation is 1. The van der Waals surface area contributed by atoms with E-state index in [1.807, 2.05) is 13.0 Å². The van der Waals surface area contributed by atoms with Gasteiger partial charge in [0.05, 0.1) is 31.0 Å². The average molecular weight is 481 g/mol. The Hall–Kier alpha value is -3.86. The number of nitrogens with zero attached hydrogens (tertiary/aromatic N) is 4. The maximum absolute atomic E-state index is 13.4. The van der Waals surface area contributed by atoms with Gasteiger partial charge in [-0.1, -0.05) is 23.9 Å². The molecule has 11 heteroatoms. The first-order valence-corrected chi connectivity index (χ1v) is 11.5. The van der Waals surface area contributed by atoms with E-state index in [9.17, 15) is 14.7 Å². The van der Waals surface area contributed by atoms with Gasteiger partial charge in [-0.05, 0) is 43.2 Å². The van der Waals surface area contributed by atoms with Gasteiger partial charge in [0, 0.05) is 17.6 Å². The number of aromatic hydroxyl groups is 1. The fourth-order valence-electron chi connectivity index (χ4n) is 3.60. The number of aromatic nitrogens is 4. The van der Waals surface area contributed by atoms with Crippen molar-refractivity contribution < 1.29 is 19.4 Å². The smallest absolute Gasteiger partial charge is 0.306 e. The Morgan fingerprint density at radius 1 is 1.24 bits per heavy atom. The lowest BCUT2D eigenvalue weighted by molar-refractivity contribution is -0.140. The van der Waals surface area contributed by atoms with Crippen LogP contribution in [0.5, 0.6) is 5.75 Å². The molecule has 3 heterocycles. The van der Waals surface area contributed by atoms with Gasteiger partial charge in [0.2, 0.25) is 11.1 Å². The first-order valence-electron chi connectivity index (χ1n) is 10.5. The summed E-state index contributed by atoms with van der Waals surface area (Å²) in [7, 11) is 1.35. The molecule has 1 aromatic carbocycles. The summed E-state index contributed by atoms with van der Waals surface area (Å²) in [5.41, 5.74) is 3.34. The van der Waals surface area contributed by atoms with Gasteiger partial charge in [-0.25, -0.2) is 4.68 Å². The van der Waals surface area contributed by atoms with Crippen LogP contribution in [0.2, 0.25) is 0 Å². The molecule has 3 aromatic rings. The SMILES string of the molecule is COC(=O)CCSc1nc2n(n1)C(c1ccc(O)cc1)C(C(=O)Nc1cncc(C)c1)=C(C)N2. The first-order chi connectivity index (χ1) is 16.4. The first kappa shape index (κ1) is 23.3. The van der Waals surface area contributed by atoms with Crippen molar-refractivity contribution in [3.05, 3.63) is 65.1 Å². The summed E-state index contributed by atoms with van der Waals surface area (Å²) in [6.07, 6.45) is 3.53. The third-order valence-electron chi connectivity index (χ3n) is 5.18. The van der Waals surface area contributed by atoms with E-state index in [1.54, 1.807) is 48.3 Å². The number of amides is 1. The van der Waals surface area contributed by atoms with Crippen LogP contribution in [0.25, 0.3) is 0 Å². The van der Waals surface area contributed by atoms with Crippen LogP contribution < -0.4 is 10.6 Å². The molecule has 0 saturated heterocycles. The number of hydrogen-bond donors (Lipinski definition) is 3. The molecule has 3 N–H and O–H groups in total. The molecule has 0 saturated carbocycles. The van der Waals surface area contributed by atoms with E-state index in [0.29, 0.717) is 33.8 Å². The average Bonchev–Trinajstić information content (AvgIpc) is 3.20. The molecule has 4 rings (SSSR count). The third-order valence-corrected chi connectivity index (χ3v) is 6.02. The minimum Gasteiger partial charge on any atom is -0.508 e. The highest BCUT2D eigenvalue weighted by molar-refractivity contribution is 7.99. The Morgan fingerprint density at radius 3 is 2.71 bits per heavy atom. The van der Waals surface area contributed by atoms with Gasteiger partial charge in [-0.15, -0.1) is 5.10 Å². The molecule has 0 fully saturated rings. The normalized spacial score (nSPS) is 14.9. The number of pyridine rings is 1. The lowest BCUT2D eigenvalue weighted by atomic mass is 9.95. The molecule has 1 aliphatic rings. The monoisotopic (exact) mass is 480 g/mol. The molecule has 34 heavy (non-hydrogen) atoms. The highest BCUT2D eigenvalue weighted by Crippen LogP contribution is 2.37. The standard InChI is InChI=1S/C23H24N6O4S/c1-13-10-16(12-24-11-13)26-21(32)19-14(2)25-22-27-23(34-9-8-18(31)33-3)28-29(22)20(19)15-4-6-17(30)7-5-15/h4-7,10-12,20,30H,8-9H2,1-3H3,(H,26,32)(H,25,27,28). The number of carbonyl (C=O) groups excluding carboxylic acids is 2. The number of carbonyl (C=O) groups is 2. The van der Waals surface area contributed by atoms with Gasteiger partial charge in [-0.2, -0.15) is 4.98 Å². The Kier molecular flexibility index (Phi) is 6.82. The Morgan fingerprint density at radius 2 is 2.00 bits per heavy atom. The number of anilines is 2. The highest BCUT2D eigenvalue weighted by Gasteiger charge is 2.34. The van der Waals surface area contributed by atoms with E-state index >= 15 is 0 Å². The Labute approximate surface area is 200 Å². The number of thioether (sulfide) groups is 1. The molecule has 176 valence electrons. The van der Waals surface area contributed by atoms with Crippen molar-refractivity contribution in [3.63, 3.8) is 0 Å². The molecule has 0 bridgehead atoms. The van der Waals surface area contributed by atoms with Crippen LogP contribution in [0.1, 0.15) is 30.5 Å². The fraction of sp³-hybridized carbons (Fsp3) is 0.261. The molecule has 0 aliphatic carbocycles. The van der Waals surface area contributed by atoms with Crippen LogP contribution in [-0.2, 0) is 14.3 Å². The van der Waals surface area contributed by atoms with Crippen LogP contribution >= 0.6 is 11.8 Å². The van der Waals surface area contributed by atoms with Crippen molar-refractivity contribution in [1.82, 2.24) is 19.7 Å². The number of allylic oxidation sites excluding steroid dienone is 1. The van der Waals surface area contributed by atoms with Crippen molar-refractivity contribution in [2.24, 2.45) is 0 Å². The molecule has 0 spiro atoms. The zero-order valence-electron chi connectivity index (χ0n) is 18.9. The van der Waals surface area contributed by atoms with Gasteiger partial charge >= 0.3 is 5.97 Å². The summed E-state index contributed by atoms with van der Waals surface area (Å²) in [5.74, 6) is 0.438. The maximum Gasteiger partial charge on any atom is 0.306 e. The number of esters is 1. The van der Waals surface area contributed by atoms with Crippen molar-refractivity contribution in [3.8, 4) is 5.75 Å². The topological polar surface area (TPSA) is 131 Å². The molecule has 2 aromatic heterocycles. The molecular formula is C23H24N6O4S. The summed E-state index contributed by atoms with van der Waals surface area (Å²) in [6.45, 7) is 3.70. The number of hydrogen-bond acceptors (Lipinski definition) is 9. The summed E-state index contributed by atoms with van der Waals surface area (Å²) in [6, 6.07) is 7.87. The maximum atomic E-state index is 13.4. The van der Waals surface area contributed by atoms with Crippen LogP contribution in [0.4, 0.5) is 11.6 Å². The van der Waals surface area contributed by atoms with Crippen molar-refractivity contribution in [1.29, 1.82) is 0 Å². The van der Waals surface area contributed by atoms with Crippen molar-refractivity contribution >= 4 is 35.3 Å². The Balaban J connectivity index is 1.68. The van der Waals surface area contributed by atoms with Crippen molar-refractivity contribution in [2.45, 2.75) is 31.5 Å². The van der Waals surface area contributed by atoms with Gasteiger partial charge in [0.25, 0.3) is 5.91 Å². The van der Waals surface area contributed by atoms with Gasteiger partial charge in [-0.3, -0.25) is 14.6 Å². The quantitative estimate of drug-likeness (QED) is 0.344. The summed E-state index contributed by atoms with van der Waals surface area (Å²) < 4.78 is 6.32. The predicted octanol–water partition coefficient (Wildman–Crippen LogP) is 3.27. The lowest BCUT2D eigenvalue weighted by Crippen LogP contribution is -2.31. The lowest BCUT2D eigenvalue weighted by Gasteiger charge is -2.28. The second-order valence-electron chi connectivity index (χ2n) is 7.70. The molecule has 0 radical (unpaired) electrons. The zero-order valence-corrected chi connectivity index (χ0v) is 19.7. The third kappa shape index (κ3) is 5.04. The molecule has 1 aliphatic heterocycles. The number of phenolic OH excluding ortho intramolecular Hbond substituents is 1. The van der Waals surface area contributed by atoms with Crippen molar-refractivity contribution in [2.75, 3.05) is 23.5 Å². The second kappa shape index (κ2) is 9.96. The van der Waals surface area contributed by atoms with E-state index in [2.05, 4.69) is 30.4 Å². The minimum absolute atomic E-state index is 0.119. The van der Waals surface area contributed by atoms with Gasteiger partial charge in [0.1, 0.15) is 11.8 Å². The van der Waals surface area contributed by atoms with Crippen LogP contribution in [0.15, 0.2) is 59.2 Å². The van der Waals surface area contributed by atoms with E-state index in [4.69, 9.17) is 0 Å². The second-order valence-corrected chi connectivity index (χ2v) is 8.76. The largest absolute Gasteiger partial charge is 0.508 e. The van der Waals surface area contributed by atoms with Crippen LogP contribution in [0.3, 0.4) is 0 Å². The molecular weight excluding hydrogens is 456 g/mol. The molecule has 1 atom stereocenters. The number of rotatable bonds is 7. The summed E-state index contributed by atoms with van der Waals surface area (Å²) >= 11 is 1.32. The zero-order chi connectivity index (χ0) is 24.2. The molecule has 1 amide bonds. The molecule has 10 nitrogen and oxygen atoms in total. The highest BCUT2D eigenvalue weighted by atomic mass is 32.2. The molecule has 1 unspecified atom stereocenters. The van der Waals surface area contributed by atoms with E-state index in [-0.39, 0.29) is 24.0 Å². The fourth-order valence-corrected chi connectivity index (χ4v) is 4.35. The van der Waals surface area contributed by atoms with Gasteiger partial charge in [0.15, 0.2) is 0 Å². The van der Waals surface area contributed by atoms with E-state index in [1.165, 1.54) is 18.9 Å². The number of phenols is 1. The number of methoxy groups -OCH3 is 1. The number of fused-ring (bicyclic) bond motifs is 1. The van der Waals surface area contributed by atoms with E-state index < -0.39 is 6.04 Å². The van der Waals surface area contributed by atoms with Crippen LogP contribution in [-0.4, -0.2) is 49.6 Å². The number of nitrogens with one attached hydrogen (secondary N) is 2.